The summed E-state index contributed by atoms with van der Waals surface area (Å²) in [5.41, 5.74) is 0.540. The Balaban J connectivity index is 2.27. The molecule has 1 heterocycles. The zero-order valence-corrected chi connectivity index (χ0v) is 14.8. The number of nitrogens with zero attached hydrogens (tertiary/aromatic N) is 2. The standard InChI is InChI=1S/C14H23N3O5S/c1-9-11(10(2)22-15-9)8-14(6-7-14)23(20,21)16-17(12(18)19)13(3,4)5/h16H,6-8H2,1-5H3,(H,18,19). The summed E-state index contributed by atoms with van der Waals surface area (Å²) < 4.78 is 29.6. The van der Waals surface area contributed by atoms with Gasteiger partial charge in [-0.15, -0.1) is 4.83 Å². The van der Waals surface area contributed by atoms with Gasteiger partial charge in [0, 0.05) is 5.56 Å². The van der Waals surface area contributed by atoms with Gasteiger partial charge in [0.25, 0.3) is 0 Å². The van der Waals surface area contributed by atoms with Gasteiger partial charge in [-0.2, -0.15) is 0 Å². The van der Waals surface area contributed by atoms with Gasteiger partial charge in [-0.1, -0.05) is 5.16 Å². The van der Waals surface area contributed by atoms with E-state index < -0.39 is 26.4 Å². The number of sulfonamides is 1. The number of aromatic nitrogens is 1. The average Bonchev–Trinajstić information content (AvgIpc) is 3.13. The summed E-state index contributed by atoms with van der Waals surface area (Å²) in [5.74, 6) is 0.592. The number of carbonyl (C=O) groups is 1. The summed E-state index contributed by atoms with van der Waals surface area (Å²) >= 11 is 0. The molecule has 1 aliphatic rings. The van der Waals surface area contributed by atoms with Crippen LogP contribution in [0.25, 0.3) is 0 Å². The molecule has 130 valence electrons. The van der Waals surface area contributed by atoms with Gasteiger partial charge in [0.05, 0.1) is 16.0 Å². The molecular formula is C14H23N3O5S. The number of carboxylic acid groups (broad SMARTS) is 1. The van der Waals surface area contributed by atoms with Crippen molar-refractivity contribution in [2.45, 2.75) is 64.2 Å². The molecule has 2 rings (SSSR count). The highest BCUT2D eigenvalue weighted by Crippen LogP contribution is 2.46. The lowest BCUT2D eigenvalue weighted by atomic mass is 10.1. The molecule has 9 heteroatoms. The normalized spacial score (nSPS) is 17.1. The molecule has 8 nitrogen and oxygen atoms in total. The third kappa shape index (κ3) is 3.35. The minimum absolute atomic E-state index is 0.265. The van der Waals surface area contributed by atoms with Crippen molar-refractivity contribution in [3.63, 3.8) is 0 Å². The lowest BCUT2D eigenvalue weighted by molar-refractivity contribution is 0.0853. The molecule has 2 N–H and O–H groups in total. The Labute approximate surface area is 135 Å². The maximum absolute atomic E-state index is 12.8. The van der Waals surface area contributed by atoms with Crippen LogP contribution in [-0.4, -0.2) is 40.1 Å². The predicted octanol–water partition coefficient (Wildman–Crippen LogP) is 1.98. The lowest BCUT2D eigenvalue weighted by Crippen LogP contribution is -2.57. The first kappa shape index (κ1) is 17.7. The van der Waals surface area contributed by atoms with Gasteiger partial charge >= 0.3 is 6.09 Å². The van der Waals surface area contributed by atoms with E-state index in [-0.39, 0.29) is 6.42 Å². The van der Waals surface area contributed by atoms with Gasteiger partial charge in [0.15, 0.2) is 0 Å². The van der Waals surface area contributed by atoms with Gasteiger partial charge in [-0.05, 0) is 53.9 Å². The fraction of sp³-hybridized carbons (Fsp3) is 0.714. The first-order chi connectivity index (χ1) is 10.4. The second kappa shape index (κ2) is 5.48. The molecule has 0 radical (unpaired) electrons. The average molecular weight is 345 g/mol. The summed E-state index contributed by atoms with van der Waals surface area (Å²) in [5, 5.41) is 13.9. The van der Waals surface area contributed by atoms with Gasteiger partial charge in [0.1, 0.15) is 5.76 Å². The Hall–Kier alpha value is -1.61. The molecule has 0 spiro atoms. The van der Waals surface area contributed by atoms with Crippen molar-refractivity contribution in [3.05, 3.63) is 17.0 Å². The minimum atomic E-state index is -3.86. The van der Waals surface area contributed by atoms with Crippen molar-refractivity contribution in [1.29, 1.82) is 0 Å². The van der Waals surface area contributed by atoms with Gasteiger partial charge in [0.2, 0.25) is 10.0 Å². The molecule has 1 aromatic rings. The highest BCUT2D eigenvalue weighted by Gasteiger charge is 2.56. The number of rotatable bonds is 5. The van der Waals surface area contributed by atoms with E-state index in [2.05, 4.69) is 9.99 Å². The number of amides is 1. The number of hydrogen-bond donors (Lipinski definition) is 2. The highest BCUT2D eigenvalue weighted by atomic mass is 32.2. The Morgan fingerprint density at radius 3 is 2.30 bits per heavy atom. The quantitative estimate of drug-likeness (QED) is 0.789. The smallest absolute Gasteiger partial charge is 0.423 e. The SMILES string of the molecule is Cc1noc(C)c1CC1(S(=O)(=O)NN(C(=O)O)C(C)(C)C)CC1. The monoisotopic (exact) mass is 345 g/mol. The van der Waals surface area contributed by atoms with Crippen LogP contribution in [0, 0.1) is 13.8 Å². The second-order valence-electron chi connectivity index (χ2n) is 7.05. The van der Waals surface area contributed by atoms with Crippen molar-refractivity contribution in [2.75, 3.05) is 0 Å². The Bertz CT molecular complexity index is 694. The molecule has 1 fully saturated rings. The maximum atomic E-state index is 12.8. The fourth-order valence-corrected chi connectivity index (χ4v) is 4.20. The molecule has 23 heavy (non-hydrogen) atoms. The van der Waals surface area contributed by atoms with Crippen molar-refractivity contribution in [3.8, 4) is 0 Å². The largest absolute Gasteiger partial charge is 0.464 e. The van der Waals surface area contributed by atoms with E-state index in [0.29, 0.717) is 24.3 Å². The van der Waals surface area contributed by atoms with Gasteiger partial charge in [-0.25, -0.2) is 18.2 Å². The zero-order valence-electron chi connectivity index (χ0n) is 14.0. The molecule has 0 aromatic carbocycles. The summed E-state index contributed by atoms with van der Waals surface area (Å²) in [6, 6.07) is 0. The van der Waals surface area contributed by atoms with Crippen molar-refractivity contribution in [1.82, 2.24) is 15.0 Å². The lowest BCUT2D eigenvalue weighted by Gasteiger charge is -2.34. The topological polar surface area (TPSA) is 113 Å². The van der Waals surface area contributed by atoms with Crippen molar-refractivity contribution in [2.24, 2.45) is 0 Å². The summed E-state index contributed by atoms with van der Waals surface area (Å²) in [6.07, 6.45) is -0.121. The van der Waals surface area contributed by atoms with Crippen LogP contribution in [0.5, 0.6) is 0 Å². The first-order valence-electron chi connectivity index (χ1n) is 7.36. The minimum Gasteiger partial charge on any atom is -0.464 e. The van der Waals surface area contributed by atoms with E-state index in [1.165, 1.54) is 0 Å². The molecule has 1 saturated carbocycles. The van der Waals surface area contributed by atoms with Crippen molar-refractivity contribution < 1.29 is 22.8 Å². The van der Waals surface area contributed by atoms with E-state index in [4.69, 9.17) is 4.52 Å². The molecule has 1 amide bonds. The van der Waals surface area contributed by atoms with E-state index >= 15 is 0 Å². The predicted molar refractivity (Wildman–Crippen MR) is 83.3 cm³/mol. The van der Waals surface area contributed by atoms with Gasteiger partial charge in [-0.3, -0.25) is 0 Å². The Morgan fingerprint density at radius 1 is 1.39 bits per heavy atom. The van der Waals surface area contributed by atoms with Crippen LogP contribution >= 0.6 is 0 Å². The third-order valence-electron chi connectivity index (χ3n) is 4.13. The van der Waals surface area contributed by atoms with Crippen LogP contribution in [0.3, 0.4) is 0 Å². The number of nitrogens with one attached hydrogen (secondary N) is 1. The highest BCUT2D eigenvalue weighted by molar-refractivity contribution is 7.91. The Morgan fingerprint density at radius 2 is 1.96 bits per heavy atom. The van der Waals surface area contributed by atoms with E-state index in [9.17, 15) is 18.3 Å². The molecule has 1 aliphatic carbocycles. The number of hydrogen-bond acceptors (Lipinski definition) is 5. The van der Waals surface area contributed by atoms with Crippen molar-refractivity contribution >= 4 is 16.1 Å². The van der Waals surface area contributed by atoms with E-state index in [1.807, 2.05) is 0 Å². The zero-order chi connectivity index (χ0) is 17.6. The molecule has 0 saturated heterocycles. The van der Waals surface area contributed by atoms with Gasteiger partial charge < -0.3 is 9.63 Å². The van der Waals surface area contributed by atoms with E-state index in [0.717, 1.165) is 10.6 Å². The Kier molecular flexibility index (Phi) is 4.23. The number of aryl methyl sites for hydroxylation is 2. The molecule has 0 aliphatic heterocycles. The third-order valence-corrected chi connectivity index (χ3v) is 6.25. The summed E-state index contributed by atoms with van der Waals surface area (Å²) in [4.78, 5) is 13.6. The van der Waals surface area contributed by atoms with Crippen LogP contribution in [0.15, 0.2) is 4.52 Å². The first-order valence-corrected chi connectivity index (χ1v) is 8.85. The van der Waals surface area contributed by atoms with E-state index in [1.54, 1.807) is 34.6 Å². The second-order valence-corrected chi connectivity index (χ2v) is 9.10. The molecule has 0 atom stereocenters. The van der Waals surface area contributed by atoms with Crippen LogP contribution in [0.1, 0.15) is 50.6 Å². The van der Waals surface area contributed by atoms with Crippen LogP contribution in [0.4, 0.5) is 4.79 Å². The van der Waals surface area contributed by atoms with Crippen LogP contribution < -0.4 is 4.83 Å². The van der Waals surface area contributed by atoms with Crippen LogP contribution in [0.2, 0.25) is 0 Å². The summed E-state index contributed by atoms with van der Waals surface area (Å²) in [7, 11) is -3.86. The molecule has 1 aromatic heterocycles. The molecule has 0 bridgehead atoms. The number of hydrazine groups is 1. The molecular weight excluding hydrogens is 322 g/mol. The maximum Gasteiger partial charge on any atom is 0.423 e. The molecule has 0 unspecified atom stereocenters. The van der Waals surface area contributed by atoms with Crippen LogP contribution in [-0.2, 0) is 16.4 Å². The summed E-state index contributed by atoms with van der Waals surface area (Å²) in [6.45, 7) is 8.37. The fourth-order valence-electron chi connectivity index (χ4n) is 2.44.